The molecule has 1 amide bonds. The van der Waals surface area contributed by atoms with Gasteiger partial charge in [0.05, 0.1) is 10.9 Å². The second kappa shape index (κ2) is 9.30. The van der Waals surface area contributed by atoms with Crippen LogP contribution < -0.4 is 14.2 Å². The minimum atomic E-state index is -3.78. The van der Waals surface area contributed by atoms with Gasteiger partial charge >= 0.3 is 0 Å². The van der Waals surface area contributed by atoms with E-state index in [1.54, 1.807) is 41.3 Å². The van der Waals surface area contributed by atoms with Crippen molar-refractivity contribution in [1.82, 2.24) is 9.62 Å². The van der Waals surface area contributed by atoms with Gasteiger partial charge < -0.3 is 14.4 Å². The zero-order valence-electron chi connectivity index (χ0n) is 17.8. The largest absolute Gasteiger partial charge is 0.486 e. The van der Waals surface area contributed by atoms with Crippen molar-refractivity contribution in [3.8, 4) is 11.5 Å². The molecule has 0 spiro atoms. The SMILES string of the molecule is C[C@H](NS(=O)(=O)c1ccccc1)C(=O)N1CCC(C(=O)c2ccc3c(c2)OCCO3)CC1. The minimum absolute atomic E-state index is 0.0203. The number of sulfonamides is 1. The first-order chi connectivity index (χ1) is 15.3. The van der Waals surface area contributed by atoms with E-state index in [4.69, 9.17) is 9.47 Å². The Morgan fingerprint density at radius 1 is 1.00 bits per heavy atom. The molecule has 0 aliphatic carbocycles. The van der Waals surface area contributed by atoms with Crippen molar-refractivity contribution >= 4 is 21.7 Å². The molecule has 1 atom stereocenters. The standard InChI is InChI=1S/C23H26N2O6S/c1-16(24-32(28,29)19-5-3-2-4-6-19)23(27)25-11-9-17(10-12-25)22(26)18-7-8-20-21(15-18)31-14-13-30-20/h2-8,15-17,24H,9-14H2,1H3/t16-/m0/s1. The van der Waals surface area contributed by atoms with Crippen molar-refractivity contribution in [2.45, 2.75) is 30.7 Å². The topological polar surface area (TPSA) is 102 Å². The van der Waals surface area contributed by atoms with Crippen LogP contribution in [0.1, 0.15) is 30.1 Å². The average molecular weight is 459 g/mol. The van der Waals surface area contributed by atoms with Crippen molar-refractivity contribution in [1.29, 1.82) is 0 Å². The summed E-state index contributed by atoms with van der Waals surface area (Å²) in [4.78, 5) is 27.5. The maximum absolute atomic E-state index is 12.9. The van der Waals surface area contributed by atoms with Crippen LogP contribution in [0.15, 0.2) is 53.4 Å². The molecular weight excluding hydrogens is 432 g/mol. The summed E-state index contributed by atoms with van der Waals surface area (Å²) in [6.07, 6.45) is 1.05. The maximum atomic E-state index is 12.9. The molecule has 0 unspecified atom stereocenters. The third-order valence-electron chi connectivity index (χ3n) is 5.76. The predicted octanol–water partition coefficient (Wildman–Crippen LogP) is 2.25. The second-order valence-electron chi connectivity index (χ2n) is 7.98. The molecule has 0 radical (unpaired) electrons. The van der Waals surface area contributed by atoms with E-state index in [0.29, 0.717) is 56.2 Å². The number of carbonyl (C=O) groups excluding carboxylic acids is 2. The van der Waals surface area contributed by atoms with Crippen LogP contribution in [0.4, 0.5) is 0 Å². The Morgan fingerprint density at radius 3 is 2.34 bits per heavy atom. The molecule has 32 heavy (non-hydrogen) atoms. The highest BCUT2D eigenvalue weighted by atomic mass is 32.2. The molecule has 1 fully saturated rings. The molecular formula is C23H26N2O6S. The fraction of sp³-hybridized carbons (Fsp3) is 0.391. The quantitative estimate of drug-likeness (QED) is 0.666. The zero-order valence-corrected chi connectivity index (χ0v) is 18.6. The molecule has 0 aromatic heterocycles. The van der Waals surface area contributed by atoms with Gasteiger partial charge in [-0.2, -0.15) is 4.72 Å². The Morgan fingerprint density at radius 2 is 1.66 bits per heavy atom. The number of nitrogens with one attached hydrogen (secondary N) is 1. The first-order valence-electron chi connectivity index (χ1n) is 10.7. The van der Waals surface area contributed by atoms with Gasteiger partial charge in [0.25, 0.3) is 0 Å². The summed E-state index contributed by atoms with van der Waals surface area (Å²) >= 11 is 0. The fourth-order valence-corrected chi connectivity index (χ4v) is 5.24. The van der Waals surface area contributed by atoms with Gasteiger partial charge in [0.1, 0.15) is 13.2 Å². The summed E-state index contributed by atoms with van der Waals surface area (Å²) in [6.45, 7) is 3.29. The van der Waals surface area contributed by atoms with Crippen LogP contribution >= 0.6 is 0 Å². The van der Waals surface area contributed by atoms with Gasteiger partial charge in [-0.1, -0.05) is 18.2 Å². The minimum Gasteiger partial charge on any atom is -0.486 e. The lowest BCUT2D eigenvalue weighted by molar-refractivity contribution is -0.133. The van der Waals surface area contributed by atoms with Crippen molar-refractivity contribution < 1.29 is 27.5 Å². The lowest BCUT2D eigenvalue weighted by Gasteiger charge is -2.33. The number of carbonyl (C=O) groups is 2. The molecule has 170 valence electrons. The maximum Gasteiger partial charge on any atom is 0.241 e. The Bertz CT molecular complexity index is 1090. The normalized spacial score (nSPS) is 17.6. The van der Waals surface area contributed by atoms with E-state index >= 15 is 0 Å². The molecule has 1 saturated heterocycles. The molecule has 1 N–H and O–H groups in total. The van der Waals surface area contributed by atoms with Crippen LogP contribution in [-0.4, -0.2) is 57.4 Å². The third kappa shape index (κ3) is 4.78. The smallest absolute Gasteiger partial charge is 0.241 e. The Labute approximate surface area is 187 Å². The van der Waals surface area contributed by atoms with Crippen LogP contribution in [0, 0.1) is 5.92 Å². The van der Waals surface area contributed by atoms with Gasteiger partial charge in [0, 0.05) is 24.6 Å². The molecule has 8 nitrogen and oxygen atoms in total. The van der Waals surface area contributed by atoms with Crippen LogP contribution in [0.2, 0.25) is 0 Å². The lowest BCUT2D eigenvalue weighted by Crippen LogP contribution is -2.49. The number of fused-ring (bicyclic) bond motifs is 1. The van der Waals surface area contributed by atoms with Crippen LogP contribution in [0.3, 0.4) is 0 Å². The fourth-order valence-electron chi connectivity index (χ4n) is 4.02. The summed E-state index contributed by atoms with van der Waals surface area (Å²) in [5.74, 6) is 0.744. The Kier molecular flexibility index (Phi) is 6.48. The number of hydrogen-bond acceptors (Lipinski definition) is 6. The predicted molar refractivity (Wildman–Crippen MR) is 117 cm³/mol. The summed E-state index contributed by atoms with van der Waals surface area (Å²) in [5, 5.41) is 0. The number of Topliss-reactive ketones (excluding diaryl/α,β-unsaturated/α-hetero) is 1. The van der Waals surface area contributed by atoms with Crippen LogP contribution in [0.25, 0.3) is 0 Å². The van der Waals surface area contributed by atoms with Crippen molar-refractivity contribution in [3.05, 3.63) is 54.1 Å². The van der Waals surface area contributed by atoms with Gasteiger partial charge in [0.15, 0.2) is 17.3 Å². The van der Waals surface area contributed by atoms with Crippen molar-refractivity contribution in [2.24, 2.45) is 5.92 Å². The molecule has 2 aliphatic rings. The molecule has 2 aromatic carbocycles. The van der Waals surface area contributed by atoms with E-state index in [0.717, 1.165) is 0 Å². The van der Waals surface area contributed by atoms with Crippen molar-refractivity contribution in [2.75, 3.05) is 26.3 Å². The summed E-state index contributed by atoms with van der Waals surface area (Å²) in [5.41, 5.74) is 0.572. The first-order valence-corrected chi connectivity index (χ1v) is 12.1. The summed E-state index contributed by atoms with van der Waals surface area (Å²) in [7, 11) is -3.78. The molecule has 0 bridgehead atoms. The highest BCUT2D eigenvalue weighted by Crippen LogP contribution is 2.32. The van der Waals surface area contributed by atoms with Gasteiger partial charge in [-0.15, -0.1) is 0 Å². The number of amides is 1. The number of likely N-dealkylation sites (tertiary alicyclic amines) is 1. The van der Waals surface area contributed by atoms with E-state index in [-0.39, 0.29) is 22.5 Å². The molecule has 2 aromatic rings. The number of nitrogens with zero attached hydrogens (tertiary/aromatic N) is 1. The molecule has 2 heterocycles. The molecule has 2 aliphatic heterocycles. The number of piperidine rings is 1. The van der Waals surface area contributed by atoms with E-state index in [9.17, 15) is 18.0 Å². The van der Waals surface area contributed by atoms with Crippen LogP contribution in [0.5, 0.6) is 11.5 Å². The number of rotatable bonds is 6. The lowest BCUT2D eigenvalue weighted by atomic mass is 9.88. The first kappa shape index (κ1) is 22.3. The summed E-state index contributed by atoms with van der Waals surface area (Å²) < 4.78 is 38.5. The Hall–Kier alpha value is -2.91. The highest BCUT2D eigenvalue weighted by molar-refractivity contribution is 7.89. The van der Waals surface area contributed by atoms with Crippen LogP contribution in [-0.2, 0) is 14.8 Å². The van der Waals surface area contributed by atoms with E-state index in [1.165, 1.54) is 19.1 Å². The Balaban J connectivity index is 1.34. The van der Waals surface area contributed by atoms with Gasteiger partial charge in [-0.25, -0.2) is 8.42 Å². The number of ether oxygens (including phenoxy) is 2. The highest BCUT2D eigenvalue weighted by Gasteiger charge is 2.32. The van der Waals surface area contributed by atoms with E-state index < -0.39 is 16.1 Å². The van der Waals surface area contributed by atoms with Gasteiger partial charge in [0.2, 0.25) is 15.9 Å². The van der Waals surface area contributed by atoms with E-state index in [2.05, 4.69) is 4.72 Å². The average Bonchev–Trinajstić information content (AvgIpc) is 2.83. The number of ketones is 1. The summed E-state index contributed by atoms with van der Waals surface area (Å²) in [6, 6.07) is 12.3. The van der Waals surface area contributed by atoms with Gasteiger partial charge in [-0.3, -0.25) is 9.59 Å². The van der Waals surface area contributed by atoms with Gasteiger partial charge in [-0.05, 0) is 50.1 Å². The molecule has 4 rings (SSSR count). The third-order valence-corrected chi connectivity index (χ3v) is 7.32. The number of benzene rings is 2. The monoisotopic (exact) mass is 458 g/mol. The van der Waals surface area contributed by atoms with Crippen molar-refractivity contribution in [3.63, 3.8) is 0 Å². The number of hydrogen-bond donors (Lipinski definition) is 1. The second-order valence-corrected chi connectivity index (χ2v) is 9.69. The zero-order chi connectivity index (χ0) is 22.7. The molecule has 9 heteroatoms. The van der Waals surface area contributed by atoms with E-state index in [1.807, 2.05) is 0 Å². The molecule has 0 saturated carbocycles.